The molecule has 0 aromatic rings. The van der Waals surface area contributed by atoms with E-state index in [1.165, 1.54) is 27.7 Å². The Labute approximate surface area is 135 Å². The molecule has 0 saturated heterocycles. The van der Waals surface area contributed by atoms with Gasteiger partial charge in [0.1, 0.15) is 6.61 Å². The lowest BCUT2D eigenvalue weighted by molar-refractivity contribution is -0.316. The number of carbonyl (C=O) groups is 2. The maximum absolute atomic E-state index is 12.5. The van der Waals surface area contributed by atoms with Crippen LogP contribution in [0.2, 0.25) is 0 Å². The SMILES string of the molecule is CCC(C)(COC(=O)C(C)(C)C)C(=O)OC(C(F)(F)F)C(F)(F)F. The topological polar surface area (TPSA) is 52.6 Å². The van der Waals surface area contributed by atoms with E-state index in [9.17, 15) is 35.9 Å². The molecule has 4 nitrogen and oxygen atoms in total. The fourth-order valence-corrected chi connectivity index (χ4v) is 1.32. The maximum atomic E-state index is 12.5. The van der Waals surface area contributed by atoms with Crippen LogP contribution < -0.4 is 0 Å². The van der Waals surface area contributed by atoms with E-state index in [1.54, 1.807) is 0 Å². The number of halogens is 6. The Morgan fingerprint density at radius 3 is 1.58 bits per heavy atom. The van der Waals surface area contributed by atoms with Crippen LogP contribution in [0.25, 0.3) is 0 Å². The summed E-state index contributed by atoms with van der Waals surface area (Å²) in [7, 11) is 0. The van der Waals surface area contributed by atoms with Gasteiger partial charge < -0.3 is 9.47 Å². The van der Waals surface area contributed by atoms with Gasteiger partial charge in [0.25, 0.3) is 6.10 Å². The van der Waals surface area contributed by atoms with E-state index < -0.39 is 47.8 Å². The second-order valence-electron chi connectivity index (χ2n) is 6.61. The monoisotopic (exact) mass is 366 g/mol. The van der Waals surface area contributed by atoms with Crippen molar-refractivity contribution in [1.29, 1.82) is 0 Å². The van der Waals surface area contributed by atoms with Crippen molar-refractivity contribution in [2.45, 2.75) is 59.5 Å². The predicted octanol–water partition coefficient (Wildman–Crippen LogP) is 4.03. The summed E-state index contributed by atoms with van der Waals surface area (Å²) >= 11 is 0. The number of alkyl halides is 6. The molecule has 0 N–H and O–H groups in total. The first-order chi connectivity index (χ1) is 10.4. The Balaban J connectivity index is 5.23. The highest BCUT2D eigenvalue weighted by Crippen LogP contribution is 2.37. The van der Waals surface area contributed by atoms with Crippen molar-refractivity contribution in [3.63, 3.8) is 0 Å². The van der Waals surface area contributed by atoms with Crippen LogP contribution in [-0.2, 0) is 19.1 Å². The third-order valence-electron chi connectivity index (χ3n) is 3.23. The van der Waals surface area contributed by atoms with Gasteiger partial charge in [0.05, 0.1) is 10.8 Å². The van der Waals surface area contributed by atoms with Gasteiger partial charge in [-0.15, -0.1) is 0 Å². The molecule has 0 rings (SSSR count). The number of hydrogen-bond donors (Lipinski definition) is 0. The van der Waals surface area contributed by atoms with Crippen LogP contribution in [0, 0.1) is 10.8 Å². The Bertz CT molecular complexity index is 449. The molecular formula is C14H20F6O4. The van der Waals surface area contributed by atoms with E-state index in [0.29, 0.717) is 0 Å². The predicted molar refractivity (Wildman–Crippen MR) is 70.8 cm³/mol. The van der Waals surface area contributed by atoms with E-state index in [4.69, 9.17) is 4.74 Å². The average Bonchev–Trinajstić information content (AvgIpc) is 2.37. The van der Waals surface area contributed by atoms with Crippen molar-refractivity contribution in [2.24, 2.45) is 10.8 Å². The highest BCUT2D eigenvalue weighted by molar-refractivity contribution is 5.79. The quantitative estimate of drug-likeness (QED) is 0.545. The molecular weight excluding hydrogens is 346 g/mol. The van der Waals surface area contributed by atoms with Crippen LogP contribution in [0.3, 0.4) is 0 Å². The number of ether oxygens (including phenoxy) is 2. The number of carbonyl (C=O) groups excluding carboxylic acids is 2. The zero-order valence-corrected chi connectivity index (χ0v) is 13.9. The lowest BCUT2D eigenvalue weighted by Gasteiger charge is -2.30. The van der Waals surface area contributed by atoms with E-state index in [0.717, 1.165) is 6.92 Å². The molecule has 0 bridgehead atoms. The molecule has 0 fully saturated rings. The maximum Gasteiger partial charge on any atom is 0.434 e. The van der Waals surface area contributed by atoms with E-state index >= 15 is 0 Å². The van der Waals surface area contributed by atoms with E-state index in [2.05, 4.69) is 4.74 Å². The van der Waals surface area contributed by atoms with Crippen LogP contribution in [-0.4, -0.2) is 37.0 Å². The van der Waals surface area contributed by atoms with Crippen molar-refractivity contribution >= 4 is 11.9 Å². The zero-order chi connectivity index (χ0) is 19.6. The molecule has 0 aliphatic rings. The van der Waals surface area contributed by atoms with Gasteiger partial charge in [0.2, 0.25) is 0 Å². The summed E-state index contributed by atoms with van der Waals surface area (Å²) in [5.41, 5.74) is -2.78. The molecule has 0 aromatic carbocycles. The molecule has 0 spiro atoms. The largest absolute Gasteiger partial charge is 0.464 e. The zero-order valence-electron chi connectivity index (χ0n) is 13.9. The fraction of sp³-hybridized carbons (Fsp3) is 0.857. The highest BCUT2D eigenvalue weighted by Gasteiger charge is 2.60. The molecule has 0 aromatic heterocycles. The summed E-state index contributed by atoms with van der Waals surface area (Å²) in [6, 6.07) is 0. The molecule has 1 unspecified atom stereocenters. The van der Waals surface area contributed by atoms with E-state index in [1.807, 2.05) is 0 Å². The van der Waals surface area contributed by atoms with Crippen molar-refractivity contribution < 1.29 is 45.4 Å². The van der Waals surface area contributed by atoms with Crippen molar-refractivity contribution in [3.05, 3.63) is 0 Å². The minimum atomic E-state index is -5.80. The van der Waals surface area contributed by atoms with Crippen molar-refractivity contribution in [2.75, 3.05) is 6.61 Å². The first kappa shape index (κ1) is 22.5. The Kier molecular flexibility index (Phi) is 6.74. The third kappa shape index (κ3) is 6.20. The van der Waals surface area contributed by atoms with Gasteiger partial charge in [-0.2, -0.15) is 26.3 Å². The second-order valence-corrected chi connectivity index (χ2v) is 6.61. The summed E-state index contributed by atoms with van der Waals surface area (Å²) < 4.78 is 83.2. The molecule has 0 heterocycles. The Hall–Kier alpha value is -1.48. The summed E-state index contributed by atoms with van der Waals surface area (Å²) in [5, 5.41) is 0. The molecule has 24 heavy (non-hydrogen) atoms. The van der Waals surface area contributed by atoms with Gasteiger partial charge in [0, 0.05) is 0 Å². The van der Waals surface area contributed by atoms with Crippen molar-refractivity contribution in [3.8, 4) is 0 Å². The minimum Gasteiger partial charge on any atom is -0.464 e. The molecule has 142 valence electrons. The summed E-state index contributed by atoms with van der Waals surface area (Å²) in [4.78, 5) is 23.5. The summed E-state index contributed by atoms with van der Waals surface area (Å²) in [5.74, 6) is -2.50. The van der Waals surface area contributed by atoms with Gasteiger partial charge >= 0.3 is 24.3 Å². The van der Waals surface area contributed by atoms with Gasteiger partial charge in [-0.1, -0.05) is 6.92 Å². The lowest BCUT2D eigenvalue weighted by Crippen LogP contribution is -2.49. The average molecular weight is 366 g/mol. The standard InChI is InChI=1S/C14H20F6O4/c1-6-12(5,7-23-9(21)11(2,3)4)10(22)24-8(13(15,16)17)14(18,19)20/h8H,6-7H2,1-5H3. The van der Waals surface area contributed by atoms with Gasteiger partial charge in [0.15, 0.2) is 0 Å². The fourth-order valence-electron chi connectivity index (χ4n) is 1.32. The first-order valence-corrected chi connectivity index (χ1v) is 6.97. The van der Waals surface area contributed by atoms with Crippen LogP contribution in [0.5, 0.6) is 0 Å². The van der Waals surface area contributed by atoms with Crippen LogP contribution in [0.15, 0.2) is 0 Å². The first-order valence-electron chi connectivity index (χ1n) is 6.97. The van der Waals surface area contributed by atoms with Crippen LogP contribution >= 0.6 is 0 Å². The van der Waals surface area contributed by atoms with Crippen LogP contribution in [0.1, 0.15) is 41.0 Å². The van der Waals surface area contributed by atoms with E-state index in [-0.39, 0.29) is 6.42 Å². The number of rotatable bonds is 5. The van der Waals surface area contributed by atoms with Gasteiger partial charge in [-0.05, 0) is 34.1 Å². The minimum absolute atomic E-state index is 0.189. The summed E-state index contributed by atoms with van der Waals surface area (Å²) in [6.45, 7) is 6.22. The van der Waals surface area contributed by atoms with Gasteiger partial charge in [-0.3, -0.25) is 9.59 Å². The normalized spacial score (nSPS) is 15.8. The number of esters is 2. The molecule has 0 amide bonds. The Morgan fingerprint density at radius 2 is 1.29 bits per heavy atom. The molecule has 1 atom stereocenters. The van der Waals surface area contributed by atoms with Gasteiger partial charge in [-0.25, -0.2) is 0 Å². The highest BCUT2D eigenvalue weighted by atomic mass is 19.4. The molecule has 0 radical (unpaired) electrons. The smallest absolute Gasteiger partial charge is 0.434 e. The third-order valence-corrected chi connectivity index (χ3v) is 3.23. The molecule has 0 saturated carbocycles. The summed E-state index contributed by atoms with van der Waals surface area (Å²) in [6.07, 6.45) is -16.0. The molecule has 0 aliphatic heterocycles. The van der Waals surface area contributed by atoms with Crippen molar-refractivity contribution in [1.82, 2.24) is 0 Å². The second kappa shape index (κ2) is 7.18. The molecule has 10 heteroatoms. The number of hydrogen-bond acceptors (Lipinski definition) is 4. The Morgan fingerprint density at radius 1 is 0.875 bits per heavy atom. The van der Waals surface area contributed by atoms with Crippen LogP contribution in [0.4, 0.5) is 26.3 Å². The molecule has 0 aliphatic carbocycles. The lowest BCUT2D eigenvalue weighted by atomic mass is 9.88.